The van der Waals surface area contributed by atoms with Gasteiger partial charge in [-0.25, -0.2) is 0 Å². The zero-order chi connectivity index (χ0) is 10.7. The van der Waals surface area contributed by atoms with Gasteiger partial charge in [-0.3, -0.25) is 0 Å². The van der Waals surface area contributed by atoms with Gasteiger partial charge < -0.3 is 10.5 Å². The number of benzene rings is 1. The molecule has 80 valence electrons. The van der Waals surface area contributed by atoms with Crippen LogP contribution in [-0.2, 0) is 11.2 Å². The summed E-state index contributed by atoms with van der Waals surface area (Å²) in [5.41, 5.74) is 8.56. The van der Waals surface area contributed by atoms with Gasteiger partial charge in [0.1, 0.15) is 5.76 Å². The SMILES string of the molecule is CCc1ccc(C(N)C2=CCCO2)cc1. The first-order valence-electron chi connectivity index (χ1n) is 5.48. The van der Waals surface area contributed by atoms with E-state index in [9.17, 15) is 0 Å². The summed E-state index contributed by atoms with van der Waals surface area (Å²) in [5.74, 6) is 0.916. The number of nitrogens with two attached hydrogens (primary N) is 1. The van der Waals surface area contributed by atoms with Crippen molar-refractivity contribution in [3.8, 4) is 0 Å². The standard InChI is InChI=1S/C13H17NO/c1-2-10-5-7-11(8-6-10)13(14)12-4-3-9-15-12/h4-8,13H,2-3,9,14H2,1H3. The molecule has 0 saturated carbocycles. The van der Waals surface area contributed by atoms with Crippen LogP contribution in [0.25, 0.3) is 0 Å². The molecule has 2 N–H and O–H groups in total. The van der Waals surface area contributed by atoms with Crippen molar-refractivity contribution in [1.29, 1.82) is 0 Å². The third kappa shape index (κ3) is 2.21. The Kier molecular flexibility index (Phi) is 3.07. The Hall–Kier alpha value is -1.28. The molecular formula is C13H17NO. The molecule has 0 saturated heterocycles. The summed E-state index contributed by atoms with van der Waals surface area (Å²) in [4.78, 5) is 0. The number of ether oxygens (including phenoxy) is 1. The lowest BCUT2D eigenvalue weighted by Crippen LogP contribution is -2.13. The Balaban J connectivity index is 2.14. The van der Waals surface area contributed by atoms with Crippen LogP contribution in [0, 0.1) is 0 Å². The topological polar surface area (TPSA) is 35.2 Å². The molecule has 1 aromatic carbocycles. The molecule has 1 aliphatic heterocycles. The number of rotatable bonds is 3. The van der Waals surface area contributed by atoms with Crippen LogP contribution < -0.4 is 5.73 Å². The molecule has 2 heteroatoms. The molecule has 2 rings (SSSR count). The van der Waals surface area contributed by atoms with Crippen LogP contribution in [-0.4, -0.2) is 6.61 Å². The monoisotopic (exact) mass is 203 g/mol. The zero-order valence-corrected chi connectivity index (χ0v) is 9.07. The van der Waals surface area contributed by atoms with E-state index in [1.165, 1.54) is 5.56 Å². The van der Waals surface area contributed by atoms with Gasteiger partial charge in [0.05, 0.1) is 12.6 Å². The Labute approximate surface area is 90.7 Å². The quantitative estimate of drug-likeness (QED) is 0.819. The normalized spacial score (nSPS) is 17.1. The van der Waals surface area contributed by atoms with Crippen LogP contribution >= 0.6 is 0 Å². The van der Waals surface area contributed by atoms with Gasteiger partial charge in [-0.2, -0.15) is 0 Å². The highest BCUT2D eigenvalue weighted by Gasteiger charge is 2.15. The predicted molar refractivity (Wildman–Crippen MR) is 61.4 cm³/mol. The fourth-order valence-corrected chi connectivity index (χ4v) is 1.78. The maximum Gasteiger partial charge on any atom is 0.113 e. The highest BCUT2D eigenvalue weighted by atomic mass is 16.5. The second-order valence-electron chi connectivity index (χ2n) is 3.82. The second kappa shape index (κ2) is 4.49. The molecule has 0 fully saturated rings. The van der Waals surface area contributed by atoms with Gasteiger partial charge in [-0.15, -0.1) is 0 Å². The van der Waals surface area contributed by atoms with Crippen molar-refractivity contribution in [1.82, 2.24) is 0 Å². The van der Waals surface area contributed by atoms with E-state index in [4.69, 9.17) is 10.5 Å². The lowest BCUT2D eigenvalue weighted by Gasteiger charge is -2.13. The van der Waals surface area contributed by atoms with Crippen molar-refractivity contribution in [2.24, 2.45) is 5.73 Å². The Bertz CT molecular complexity index is 353. The molecule has 1 heterocycles. The second-order valence-corrected chi connectivity index (χ2v) is 3.82. The Morgan fingerprint density at radius 1 is 1.33 bits per heavy atom. The summed E-state index contributed by atoms with van der Waals surface area (Å²) in [6.07, 6.45) is 4.13. The molecule has 1 unspecified atom stereocenters. The van der Waals surface area contributed by atoms with Gasteiger partial charge in [-0.05, 0) is 23.6 Å². The average Bonchev–Trinajstić information content (AvgIpc) is 2.82. The van der Waals surface area contributed by atoms with Gasteiger partial charge in [0.15, 0.2) is 0 Å². The summed E-state index contributed by atoms with van der Waals surface area (Å²) in [5, 5.41) is 0. The molecule has 1 aliphatic rings. The largest absolute Gasteiger partial charge is 0.496 e. The lowest BCUT2D eigenvalue weighted by molar-refractivity contribution is 0.225. The Morgan fingerprint density at radius 2 is 2.07 bits per heavy atom. The van der Waals surface area contributed by atoms with Crippen LogP contribution in [0.15, 0.2) is 36.1 Å². The molecule has 2 nitrogen and oxygen atoms in total. The van der Waals surface area contributed by atoms with Gasteiger partial charge >= 0.3 is 0 Å². The highest BCUT2D eigenvalue weighted by molar-refractivity contribution is 5.29. The maximum atomic E-state index is 6.10. The Morgan fingerprint density at radius 3 is 2.60 bits per heavy atom. The molecule has 15 heavy (non-hydrogen) atoms. The van der Waals surface area contributed by atoms with Crippen LogP contribution in [0.5, 0.6) is 0 Å². The first-order valence-corrected chi connectivity index (χ1v) is 5.48. The summed E-state index contributed by atoms with van der Waals surface area (Å²) in [6.45, 7) is 2.92. The van der Waals surface area contributed by atoms with Gasteiger partial charge in [0, 0.05) is 6.42 Å². The van der Waals surface area contributed by atoms with Crippen molar-refractivity contribution in [2.75, 3.05) is 6.61 Å². The third-order valence-electron chi connectivity index (χ3n) is 2.79. The van der Waals surface area contributed by atoms with Crippen molar-refractivity contribution < 1.29 is 4.74 Å². The fourth-order valence-electron chi connectivity index (χ4n) is 1.78. The summed E-state index contributed by atoms with van der Waals surface area (Å²) in [7, 11) is 0. The van der Waals surface area contributed by atoms with Crippen LogP contribution in [0.2, 0.25) is 0 Å². The van der Waals surface area contributed by atoms with E-state index in [1.54, 1.807) is 0 Å². The minimum atomic E-state index is -0.0987. The van der Waals surface area contributed by atoms with Gasteiger partial charge in [0.25, 0.3) is 0 Å². The number of aryl methyl sites for hydroxylation is 1. The van der Waals surface area contributed by atoms with Crippen molar-refractivity contribution in [3.05, 3.63) is 47.2 Å². The van der Waals surface area contributed by atoms with E-state index in [-0.39, 0.29) is 6.04 Å². The number of hydrogen-bond donors (Lipinski definition) is 1. The van der Waals surface area contributed by atoms with E-state index < -0.39 is 0 Å². The van der Waals surface area contributed by atoms with Crippen LogP contribution in [0.4, 0.5) is 0 Å². The van der Waals surface area contributed by atoms with E-state index in [0.717, 1.165) is 30.8 Å². The van der Waals surface area contributed by atoms with E-state index >= 15 is 0 Å². The van der Waals surface area contributed by atoms with E-state index in [0.29, 0.717) is 0 Å². The summed E-state index contributed by atoms with van der Waals surface area (Å²) in [6, 6.07) is 8.34. The first-order chi connectivity index (χ1) is 7.31. The van der Waals surface area contributed by atoms with E-state index in [1.807, 2.05) is 0 Å². The minimum absolute atomic E-state index is 0.0987. The summed E-state index contributed by atoms with van der Waals surface area (Å²) < 4.78 is 5.46. The maximum absolute atomic E-state index is 6.10. The lowest BCUT2D eigenvalue weighted by atomic mass is 10.0. The molecule has 0 radical (unpaired) electrons. The van der Waals surface area contributed by atoms with Crippen molar-refractivity contribution in [3.63, 3.8) is 0 Å². The molecule has 0 aromatic heterocycles. The minimum Gasteiger partial charge on any atom is -0.496 e. The number of hydrogen-bond acceptors (Lipinski definition) is 2. The first kappa shape index (κ1) is 10.2. The molecule has 1 aromatic rings. The smallest absolute Gasteiger partial charge is 0.113 e. The van der Waals surface area contributed by atoms with Gasteiger partial charge in [0.2, 0.25) is 0 Å². The van der Waals surface area contributed by atoms with Crippen molar-refractivity contribution in [2.45, 2.75) is 25.8 Å². The molecule has 0 bridgehead atoms. The third-order valence-corrected chi connectivity index (χ3v) is 2.79. The molecule has 0 aliphatic carbocycles. The highest BCUT2D eigenvalue weighted by Crippen LogP contribution is 2.24. The molecule has 0 amide bonds. The van der Waals surface area contributed by atoms with E-state index in [2.05, 4.69) is 37.3 Å². The molecular weight excluding hydrogens is 186 g/mol. The van der Waals surface area contributed by atoms with Crippen molar-refractivity contribution >= 4 is 0 Å². The summed E-state index contributed by atoms with van der Waals surface area (Å²) >= 11 is 0. The van der Waals surface area contributed by atoms with Gasteiger partial charge in [-0.1, -0.05) is 31.2 Å². The fraction of sp³-hybridized carbons (Fsp3) is 0.385. The molecule has 1 atom stereocenters. The van der Waals surface area contributed by atoms with Crippen LogP contribution in [0.3, 0.4) is 0 Å². The average molecular weight is 203 g/mol. The molecule has 0 spiro atoms. The zero-order valence-electron chi connectivity index (χ0n) is 9.07. The van der Waals surface area contributed by atoms with Crippen LogP contribution in [0.1, 0.15) is 30.5 Å². The predicted octanol–water partition coefficient (Wildman–Crippen LogP) is 2.55.